The fourth-order valence-corrected chi connectivity index (χ4v) is 2.89. The van der Waals surface area contributed by atoms with Gasteiger partial charge in [-0.3, -0.25) is 0 Å². The standard InChI is InChI=1S/C14H17NOS/c1-2-3-4-7-11(15)13-10-17-14-9-6-5-8-12(14)16-13/h5-6,8-9,11,13H,4,7,10,15H2,1H3. The molecule has 2 rings (SSSR count). The molecule has 90 valence electrons. The molecule has 17 heavy (non-hydrogen) atoms. The first-order valence-electron chi connectivity index (χ1n) is 5.85. The van der Waals surface area contributed by atoms with Crippen LogP contribution < -0.4 is 10.5 Å². The maximum atomic E-state index is 6.14. The van der Waals surface area contributed by atoms with E-state index in [1.165, 1.54) is 4.90 Å². The average Bonchev–Trinajstić information content (AvgIpc) is 2.38. The molecule has 0 spiro atoms. The highest BCUT2D eigenvalue weighted by molar-refractivity contribution is 7.99. The first-order chi connectivity index (χ1) is 8.31. The zero-order valence-electron chi connectivity index (χ0n) is 9.98. The molecule has 0 fully saturated rings. The molecule has 0 saturated heterocycles. The van der Waals surface area contributed by atoms with Crippen molar-refractivity contribution in [2.75, 3.05) is 5.75 Å². The van der Waals surface area contributed by atoms with Crippen molar-refractivity contribution in [1.29, 1.82) is 0 Å². The summed E-state index contributed by atoms with van der Waals surface area (Å²) in [5.74, 6) is 7.83. The number of nitrogens with two attached hydrogens (primary N) is 1. The second-order valence-corrected chi connectivity index (χ2v) is 5.11. The molecule has 1 aromatic carbocycles. The van der Waals surface area contributed by atoms with Crippen LogP contribution in [0.25, 0.3) is 0 Å². The lowest BCUT2D eigenvalue weighted by Gasteiger charge is -2.29. The third kappa shape index (κ3) is 3.18. The van der Waals surface area contributed by atoms with Gasteiger partial charge in [0.25, 0.3) is 0 Å². The number of hydrogen-bond donors (Lipinski definition) is 1. The third-order valence-electron chi connectivity index (χ3n) is 2.79. The van der Waals surface area contributed by atoms with Crippen molar-refractivity contribution < 1.29 is 4.74 Å². The number of rotatable bonds is 3. The Morgan fingerprint density at radius 2 is 2.35 bits per heavy atom. The molecular formula is C14H17NOS. The van der Waals surface area contributed by atoms with Crippen molar-refractivity contribution in [3.8, 4) is 17.6 Å². The first kappa shape index (κ1) is 12.3. The van der Waals surface area contributed by atoms with Gasteiger partial charge in [0.05, 0.1) is 0 Å². The van der Waals surface area contributed by atoms with E-state index >= 15 is 0 Å². The molecule has 2 unspecified atom stereocenters. The van der Waals surface area contributed by atoms with Gasteiger partial charge < -0.3 is 10.5 Å². The minimum atomic E-state index is 0.0664. The van der Waals surface area contributed by atoms with Crippen LogP contribution in [0.1, 0.15) is 19.8 Å². The molecule has 0 saturated carbocycles. The highest BCUT2D eigenvalue weighted by Crippen LogP contribution is 2.35. The van der Waals surface area contributed by atoms with E-state index in [2.05, 4.69) is 17.9 Å². The number of hydrogen-bond acceptors (Lipinski definition) is 3. The van der Waals surface area contributed by atoms with Gasteiger partial charge in [-0.2, -0.15) is 0 Å². The lowest BCUT2D eigenvalue weighted by Crippen LogP contribution is -2.42. The molecule has 2 nitrogen and oxygen atoms in total. The number of fused-ring (bicyclic) bond motifs is 1. The van der Waals surface area contributed by atoms with E-state index in [1.807, 2.05) is 36.9 Å². The van der Waals surface area contributed by atoms with Crippen LogP contribution in [0.2, 0.25) is 0 Å². The summed E-state index contributed by atoms with van der Waals surface area (Å²) < 4.78 is 5.93. The average molecular weight is 247 g/mol. The Hall–Kier alpha value is -1.11. The van der Waals surface area contributed by atoms with E-state index in [9.17, 15) is 0 Å². The van der Waals surface area contributed by atoms with Gasteiger partial charge in [-0.1, -0.05) is 12.1 Å². The van der Waals surface area contributed by atoms with Gasteiger partial charge in [-0.15, -0.1) is 23.6 Å². The Bertz CT molecular complexity index is 435. The molecular weight excluding hydrogens is 230 g/mol. The van der Waals surface area contributed by atoms with Crippen LogP contribution in [-0.2, 0) is 0 Å². The molecule has 0 radical (unpaired) electrons. The molecule has 0 bridgehead atoms. The maximum Gasteiger partial charge on any atom is 0.133 e. The van der Waals surface area contributed by atoms with Crippen molar-refractivity contribution in [2.24, 2.45) is 5.73 Å². The molecule has 0 aromatic heterocycles. The number of para-hydroxylation sites is 1. The molecule has 0 aliphatic carbocycles. The summed E-state index contributed by atoms with van der Waals surface area (Å²) >= 11 is 1.82. The van der Waals surface area contributed by atoms with Crippen molar-refractivity contribution in [3.63, 3.8) is 0 Å². The van der Waals surface area contributed by atoms with Crippen molar-refractivity contribution in [2.45, 2.75) is 36.8 Å². The van der Waals surface area contributed by atoms with Crippen molar-refractivity contribution in [1.82, 2.24) is 0 Å². The van der Waals surface area contributed by atoms with Crippen LogP contribution in [0.4, 0.5) is 0 Å². The molecule has 1 aliphatic rings. The molecule has 1 aromatic rings. The summed E-state index contributed by atoms with van der Waals surface area (Å²) in [5.41, 5.74) is 6.14. The van der Waals surface area contributed by atoms with Crippen LogP contribution in [-0.4, -0.2) is 17.9 Å². The molecule has 2 atom stereocenters. The minimum absolute atomic E-state index is 0.0664. The van der Waals surface area contributed by atoms with Crippen molar-refractivity contribution in [3.05, 3.63) is 24.3 Å². The van der Waals surface area contributed by atoms with Gasteiger partial charge in [0, 0.05) is 23.1 Å². The third-order valence-corrected chi connectivity index (χ3v) is 3.93. The van der Waals surface area contributed by atoms with E-state index in [4.69, 9.17) is 10.5 Å². The zero-order chi connectivity index (χ0) is 12.1. The summed E-state index contributed by atoms with van der Waals surface area (Å²) in [6.45, 7) is 1.86. The number of benzene rings is 1. The lowest BCUT2D eigenvalue weighted by molar-refractivity contribution is 0.181. The van der Waals surface area contributed by atoms with Gasteiger partial charge >= 0.3 is 0 Å². The monoisotopic (exact) mass is 247 g/mol. The number of ether oxygens (including phenoxy) is 1. The summed E-state index contributed by atoms with van der Waals surface area (Å²) in [7, 11) is 0. The Labute approximate surface area is 107 Å². The van der Waals surface area contributed by atoms with E-state index in [0.717, 1.165) is 24.3 Å². The second kappa shape index (κ2) is 6.00. The van der Waals surface area contributed by atoms with Crippen LogP contribution in [0, 0.1) is 11.8 Å². The molecule has 1 aliphatic heterocycles. The van der Waals surface area contributed by atoms with E-state index < -0.39 is 0 Å². The lowest BCUT2D eigenvalue weighted by atomic mass is 10.1. The van der Waals surface area contributed by atoms with Crippen LogP contribution in [0.15, 0.2) is 29.2 Å². The Morgan fingerprint density at radius 3 is 3.18 bits per heavy atom. The van der Waals surface area contributed by atoms with Crippen LogP contribution >= 0.6 is 11.8 Å². The van der Waals surface area contributed by atoms with Crippen LogP contribution in [0.3, 0.4) is 0 Å². The largest absolute Gasteiger partial charge is 0.487 e. The van der Waals surface area contributed by atoms with Crippen LogP contribution in [0.5, 0.6) is 5.75 Å². The fraction of sp³-hybridized carbons (Fsp3) is 0.429. The Morgan fingerprint density at radius 1 is 1.53 bits per heavy atom. The first-order valence-corrected chi connectivity index (χ1v) is 6.83. The topological polar surface area (TPSA) is 35.2 Å². The highest BCUT2D eigenvalue weighted by Gasteiger charge is 2.25. The number of thioether (sulfide) groups is 1. The molecule has 0 amide bonds. The van der Waals surface area contributed by atoms with Gasteiger partial charge in [0.15, 0.2) is 0 Å². The molecule has 3 heteroatoms. The second-order valence-electron chi connectivity index (χ2n) is 4.04. The summed E-state index contributed by atoms with van der Waals surface area (Å²) in [4.78, 5) is 1.21. The van der Waals surface area contributed by atoms with Gasteiger partial charge in [0.1, 0.15) is 11.9 Å². The highest BCUT2D eigenvalue weighted by atomic mass is 32.2. The van der Waals surface area contributed by atoms with E-state index in [1.54, 1.807) is 0 Å². The summed E-state index contributed by atoms with van der Waals surface area (Å²) in [6, 6.07) is 8.19. The van der Waals surface area contributed by atoms with Crippen molar-refractivity contribution >= 4 is 11.8 Å². The fourth-order valence-electron chi connectivity index (χ4n) is 1.80. The minimum Gasteiger partial charge on any atom is -0.487 e. The molecule has 1 heterocycles. The summed E-state index contributed by atoms with van der Waals surface area (Å²) in [6.07, 6.45) is 1.85. The normalized spacial score (nSPS) is 19.5. The predicted molar refractivity (Wildman–Crippen MR) is 72.2 cm³/mol. The van der Waals surface area contributed by atoms with E-state index in [0.29, 0.717) is 0 Å². The summed E-state index contributed by atoms with van der Waals surface area (Å²) in [5, 5.41) is 0. The Balaban J connectivity index is 1.94. The van der Waals surface area contributed by atoms with Gasteiger partial charge in [0.2, 0.25) is 0 Å². The zero-order valence-corrected chi connectivity index (χ0v) is 10.8. The predicted octanol–water partition coefficient (Wildman–Crippen LogP) is 2.67. The SMILES string of the molecule is CC#CCCC(N)C1CSc2ccccc2O1. The molecule has 2 N–H and O–H groups in total. The van der Waals surface area contributed by atoms with Gasteiger partial charge in [-0.05, 0) is 25.5 Å². The maximum absolute atomic E-state index is 6.14. The Kier molecular flexibility index (Phi) is 4.36. The quantitative estimate of drug-likeness (QED) is 0.834. The smallest absolute Gasteiger partial charge is 0.133 e. The van der Waals surface area contributed by atoms with E-state index in [-0.39, 0.29) is 12.1 Å². The van der Waals surface area contributed by atoms with Gasteiger partial charge in [-0.25, -0.2) is 0 Å².